The Morgan fingerprint density at radius 1 is 1.00 bits per heavy atom. The maximum Gasteiger partial charge on any atom is 0.220 e. The highest BCUT2D eigenvalue weighted by atomic mass is 16.5. The van der Waals surface area contributed by atoms with Gasteiger partial charge in [-0.25, -0.2) is 0 Å². The second-order valence-electron chi connectivity index (χ2n) is 6.08. The van der Waals surface area contributed by atoms with Crippen molar-refractivity contribution in [2.75, 3.05) is 6.61 Å². The summed E-state index contributed by atoms with van der Waals surface area (Å²) in [6.45, 7) is 6.53. The molecule has 0 saturated heterocycles. The minimum atomic E-state index is -0.0122. The lowest BCUT2D eigenvalue weighted by atomic mass is 10.1. The van der Waals surface area contributed by atoms with E-state index in [4.69, 9.17) is 4.74 Å². The molecule has 2 rings (SSSR count). The van der Waals surface area contributed by atoms with Gasteiger partial charge in [0.2, 0.25) is 5.91 Å². The van der Waals surface area contributed by atoms with Gasteiger partial charge < -0.3 is 10.1 Å². The number of rotatable bonds is 7. The molecule has 1 atom stereocenters. The fourth-order valence-electron chi connectivity index (χ4n) is 2.26. The molecule has 0 saturated carbocycles. The Labute approximate surface area is 138 Å². The fourth-order valence-corrected chi connectivity index (χ4v) is 2.26. The molecule has 1 N–H and O–H groups in total. The Balaban J connectivity index is 1.69. The number of aryl methyl sites for hydroxylation is 3. The first-order valence-corrected chi connectivity index (χ1v) is 8.07. The van der Waals surface area contributed by atoms with Crippen LogP contribution in [0.3, 0.4) is 0 Å². The highest BCUT2D eigenvalue weighted by Crippen LogP contribution is 2.11. The number of hydrogen-bond donors (Lipinski definition) is 1. The number of carbonyl (C=O) groups excluding carboxylic acids is 1. The summed E-state index contributed by atoms with van der Waals surface area (Å²) in [7, 11) is 0. The molecule has 0 aliphatic heterocycles. The zero-order chi connectivity index (χ0) is 16.7. The molecule has 0 bridgehead atoms. The molecule has 2 aromatic rings. The molecule has 1 amide bonds. The molecule has 0 heterocycles. The standard InChI is InChI=1S/C20H25NO2/c1-15-4-8-18(9-5-15)10-13-20(22)21-17(3)14-23-19-11-6-16(2)7-12-19/h4-9,11-12,17H,10,13-14H2,1-3H3,(H,21,22)/t17-/m1/s1. The maximum absolute atomic E-state index is 12.0. The first kappa shape index (κ1) is 17.1. The topological polar surface area (TPSA) is 38.3 Å². The summed E-state index contributed by atoms with van der Waals surface area (Å²) in [5, 5.41) is 2.98. The van der Waals surface area contributed by atoms with Crippen LogP contribution in [-0.2, 0) is 11.2 Å². The van der Waals surface area contributed by atoms with Crippen molar-refractivity contribution >= 4 is 5.91 Å². The van der Waals surface area contributed by atoms with Crippen molar-refractivity contribution in [3.05, 3.63) is 65.2 Å². The molecule has 0 aromatic heterocycles. The van der Waals surface area contributed by atoms with Crippen LogP contribution in [0.5, 0.6) is 5.75 Å². The van der Waals surface area contributed by atoms with Crippen LogP contribution in [0.2, 0.25) is 0 Å². The van der Waals surface area contributed by atoms with Crippen LogP contribution in [0, 0.1) is 13.8 Å². The molecule has 2 aromatic carbocycles. The molecule has 3 heteroatoms. The lowest BCUT2D eigenvalue weighted by Crippen LogP contribution is -2.36. The van der Waals surface area contributed by atoms with Gasteiger partial charge in [-0.1, -0.05) is 47.5 Å². The highest BCUT2D eigenvalue weighted by molar-refractivity contribution is 5.76. The zero-order valence-corrected chi connectivity index (χ0v) is 14.1. The summed E-state index contributed by atoms with van der Waals surface area (Å²) in [5.41, 5.74) is 3.63. The Morgan fingerprint density at radius 3 is 2.17 bits per heavy atom. The summed E-state index contributed by atoms with van der Waals surface area (Å²) >= 11 is 0. The van der Waals surface area contributed by atoms with Crippen LogP contribution >= 0.6 is 0 Å². The SMILES string of the molecule is Cc1ccc(CCC(=O)N[C@H](C)COc2ccc(C)cc2)cc1. The second-order valence-corrected chi connectivity index (χ2v) is 6.08. The van der Waals surface area contributed by atoms with E-state index in [2.05, 4.69) is 36.5 Å². The predicted octanol–water partition coefficient (Wildman–Crippen LogP) is 3.82. The van der Waals surface area contributed by atoms with E-state index in [9.17, 15) is 4.79 Å². The molecule has 23 heavy (non-hydrogen) atoms. The van der Waals surface area contributed by atoms with E-state index < -0.39 is 0 Å². The van der Waals surface area contributed by atoms with Gasteiger partial charge in [0, 0.05) is 6.42 Å². The van der Waals surface area contributed by atoms with Crippen molar-refractivity contribution in [2.24, 2.45) is 0 Å². The Kier molecular flexibility index (Phi) is 6.21. The molecular weight excluding hydrogens is 286 g/mol. The molecule has 0 unspecified atom stereocenters. The lowest BCUT2D eigenvalue weighted by Gasteiger charge is -2.15. The van der Waals surface area contributed by atoms with Gasteiger partial charge in [0.25, 0.3) is 0 Å². The van der Waals surface area contributed by atoms with Gasteiger partial charge in [0.15, 0.2) is 0 Å². The molecule has 0 fully saturated rings. The molecule has 0 spiro atoms. The molecular formula is C20H25NO2. The zero-order valence-electron chi connectivity index (χ0n) is 14.1. The van der Waals surface area contributed by atoms with Crippen LogP contribution < -0.4 is 10.1 Å². The summed E-state index contributed by atoms with van der Waals surface area (Å²) in [4.78, 5) is 12.0. The van der Waals surface area contributed by atoms with Crippen molar-refractivity contribution in [3.63, 3.8) is 0 Å². The maximum atomic E-state index is 12.0. The molecule has 122 valence electrons. The third-order valence-electron chi connectivity index (χ3n) is 3.69. The normalized spacial score (nSPS) is 11.8. The fraction of sp³-hybridized carbons (Fsp3) is 0.350. The first-order valence-electron chi connectivity index (χ1n) is 8.07. The van der Waals surface area contributed by atoms with Crippen LogP contribution in [0.1, 0.15) is 30.0 Å². The van der Waals surface area contributed by atoms with E-state index in [1.54, 1.807) is 0 Å². The molecule has 0 aliphatic carbocycles. The van der Waals surface area contributed by atoms with Crippen molar-refractivity contribution in [1.29, 1.82) is 0 Å². The number of benzene rings is 2. The molecule has 0 radical (unpaired) electrons. The Bertz CT molecular complexity index is 617. The van der Waals surface area contributed by atoms with Gasteiger partial charge in [-0.05, 0) is 44.9 Å². The van der Waals surface area contributed by atoms with Gasteiger partial charge in [-0.3, -0.25) is 4.79 Å². The molecule has 3 nitrogen and oxygen atoms in total. The minimum Gasteiger partial charge on any atom is -0.491 e. The second kappa shape index (κ2) is 8.37. The van der Waals surface area contributed by atoms with Gasteiger partial charge in [0.1, 0.15) is 12.4 Å². The average molecular weight is 311 g/mol. The summed E-state index contributed by atoms with van der Waals surface area (Å²) in [6, 6.07) is 16.2. The van der Waals surface area contributed by atoms with Crippen molar-refractivity contribution < 1.29 is 9.53 Å². The quantitative estimate of drug-likeness (QED) is 0.844. The first-order chi connectivity index (χ1) is 11.0. The summed E-state index contributed by atoms with van der Waals surface area (Å²) in [5.74, 6) is 0.891. The summed E-state index contributed by atoms with van der Waals surface area (Å²) < 4.78 is 5.68. The van der Waals surface area contributed by atoms with Crippen LogP contribution in [0.4, 0.5) is 0 Å². The Hall–Kier alpha value is -2.29. The third kappa shape index (κ3) is 6.15. The van der Waals surface area contributed by atoms with Gasteiger partial charge in [-0.2, -0.15) is 0 Å². The van der Waals surface area contributed by atoms with E-state index in [0.717, 1.165) is 12.2 Å². The van der Waals surface area contributed by atoms with Gasteiger partial charge >= 0.3 is 0 Å². The number of nitrogens with one attached hydrogen (secondary N) is 1. The van der Waals surface area contributed by atoms with Crippen molar-refractivity contribution in [1.82, 2.24) is 5.32 Å². The molecule has 0 aliphatic rings. The minimum absolute atomic E-state index is 0.0122. The van der Waals surface area contributed by atoms with Crippen molar-refractivity contribution in [3.8, 4) is 5.75 Å². The van der Waals surface area contributed by atoms with Gasteiger partial charge in [0.05, 0.1) is 6.04 Å². The number of carbonyl (C=O) groups is 1. The lowest BCUT2D eigenvalue weighted by molar-refractivity contribution is -0.121. The van der Waals surface area contributed by atoms with E-state index in [-0.39, 0.29) is 11.9 Å². The summed E-state index contributed by atoms with van der Waals surface area (Å²) in [6.07, 6.45) is 1.26. The van der Waals surface area contributed by atoms with Crippen LogP contribution in [0.25, 0.3) is 0 Å². The highest BCUT2D eigenvalue weighted by Gasteiger charge is 2.08. The monoisotopic (exact) mass is 311 g/mol. The van der Waals surface area contributed by atoms with Crippen LogP contribution in [0.15, 0.2) is 48.5 Å². The van der Waals surface area contributed by atoms with Crippen molar-refractivity contribution in [2.45, 2.75) is 39.7 Å². The average Bonchev–Trinajstić information content (AvgIpc) is 2.54. The van der Waals surface area contributed by atoms with E-state index in [0.29, 0.717) is 13.0 Å². The van der Waals surface area contributed by atoms with Crippen LogP contribution in [-0.4, -0.2) is 18.6 Å². The smallest absolute Gasteiger partial charge is 0.220 e. The van der Waals surface area contributed by atoms with E-state index in [1.165, 1.54) is 16.7 Å². The number of ether oxygens (including phenoxy) is 1. The van der Waals surface area contributed by atoms with E-state index >= 15 is 0 Å². The number of hydrogen-bond acceptors (Lipinski definition) is 2. The third-order valence-corrected chi connectivity index (χ3v) is 3.69. The van der Waals surface area contributed by atoms with E-state index in [1.807, 2.05) is 38.1 Å². The number of amides is 1. The Morgan fingerprint density at radius 2 is 1.57 bits per heavy atom. The van der Waals surface area contributed by atoms with Gasteiger partial charge in [-0.15, -0.1) is 0 Å². The largest absolute Gasteiger partial charge is 0.491 e. The predicted molar refractivity (Wildman–Crippen MR) is 93.8 cm³/mol.